The fourth-order valence-corrected chi connectivity index (χ4v) is 3.51. The van der Waals surface area contributed by atoms with Crippen LogP contribution in [0.1, 0.15) is 51.6 Å². The van der Waals surface area contributed by atoms with Gasteiger partial charge in [0.25, 0.3) is 0 Å². The van der Waals surface area contributed by atoms with Crippen molar-refractivity contribution < 1.29 is 8.42 Å². The largest absolute Gasteiger partial charge is 0.368 e. The lowest BCUT2D eigenvalue weighted by Crippen LogP contribution is -2.35. The minimum absolute atomic E-state index is 0.207. The molecule has 1 aliphatic rings. The van der Waals surface area contributed by atoms with Gasteiger partial charge in [-0.3, -0.25) is 10.3 Å². The molecule has 0 bridgehead atoms. The summed E-state index contributed by atoms with van der Waals surface area (Å²) in [6.07, 6.45) is 10.1. The number of nitrogens with two attached hydrogens (primary N) is 1. The molecule has 0 saturated heterocycles. The maximum atomic E-state index is 10.8. The van der Waals surface area contributed by atoms with E-state index in [4.69, 9.17) is 5.73 Å². The third-order valence-electron chi connectivity index (χ3n) is 4.13. The lowest BCUT2D eigenvalue weighted by Gasteiger charge is -2.21. The second kappa shape index (κ2) is 12.5. The first kappa shape index (κ1) is 25.0. The van der Waals surface area contributed by atoms with Crippen molar-refractivity contribution in [3.63, 3.8) is 0 Å². The van der Waals surface area contributed by atoms with Gasteiger partial charge in [-0.1, -0.05) is 25.8 Å². The van der Waals surface area contributed by atoms with Crippen molar-refractivity contribution in [3.8, 4) is 0 Å². The van der Waals surface area contributed by atoms with Crippen LogP contribution in [0.4, 0.5) is 5.95 Å². The Morgan fingerprint density at radius 3 is 2.62 bits per heavy atom. The molecule has 1 fully saturated rings. The molecule has 2 rings (SSSR count). The summed E-state index contributed by atoms with van der Waals surface area (Å²) in [4.78, 5) is 7.89. The summed E-state index contributed by atoms with van der Waals surface area (Å²) >= 11 is 0. The van der Waals surface area contributed by atoms with Crippen molar-refractivity contribution in [1.29, 1.82) is 0 Å². The molecule has 0 aliphatic heterocycles. The van der Waals surface area contributed by atoms with Crippen LogP contribution in [0.3, 0.4) is 0 Å². The number of hydrazone groups is 1. The number of hydrogen-bond acceptors (Lipinski definition) is 8. The van der Waals surface area contributed by atoms with Gasteiger partial charge in [-0.05, 0) is 32.8 Å². The Kier molecular flexibility index (Phi) is 10.8. The average Bonchev–Trinajstić information content (AvgIpc) is 2.64. The van der Waals surface area contributed by atoms with Crippen LogP contribution in [0.15, 0.2) is 23.9 Å². The zero-order chi connectivity index (χ0) is 21.9. The second-order valence-corrected chi connectivity index (χ2v) is 9.25. The molecule has 10 heteroatoms. The number of nitrogens with one attached hydrogen (secondary N) is 2. The predicted octanol–water partition coefficient (Wildman–Crippen LogP) is 1.81. The molecular formula is C19H35N7O2S. The fraction of sp³-hybridized carbons (Fsp3) is 0.632. The molecule has 1 aromatic rings. The van der Waals surface area contributed by atoms with E-state index in [-0.39, 0.29) is 12.0 Å². The standard InChI is InChI=1S/C12H20N6.C7H15NO2S/c1-9(2)15-8-18(4)16-7-10(3)11-5-6-14-12(13)17-11;1-11(9,10)8-7-5-3-2-4-6-7/h5-7,9,15H,3,8H2,1-2,4H3,(H2,13,14,17);7-8H,2-6H2,1H3/b16-7-;. The van der Waals surface area contributed by atoms with Crippen LogP contribution in [-0.2, 0) is 10.0 Å². The van der Waals surface area contributed by atoms with Crippen LogP contribution in [-0.4, -0.2) is 61.7 Å². The summed E-state index contributed by atoms with van der Waals surface area (Å²) in [7, 11) is -1.09. The van der Waals surface area contributed by atoms with Crippen LogP contribution >= 0.6 is 0 Å². The quantitative estimate of drug-likeness (QED) is 0.329. The van der Waals surface area contributed by atoms with Gasteiger partial charge in [0.2, 0.25) is 16.0 Å². The molecular weight excluding hydrogens is 390 g/mol. The Labute approximate surface area is 174 Å². The number of allylic oxidation sites excluding steroid dienone is 1. The normalized spacial score (nSPS) is 15.2. The van der Waals surface area contributed by atoms with Crippen LogP contribution < -0.4 is 15.8 Å². The highest BCUT2D eigenvalue weighted by molar-refractivity contribution is 7.88. The molecule has 0 unspecified atom stereocenters. The van der Waals surface area contributed by atoms with Gasteiger partial charge in [0.1, 0.15) is 0 Å². The van der Waals surface area contributed by atoms with E-state index in [1.807, 2.05) is 7.05 Å². The third-order valence-corrected chi connectivity index (χ3v) is 4.89. The molecule has 0 amide bonds. The van der Waals surface area contributed by atoms with Crippen molar-refractivity contribution >= 4 is 27.8 Å². The van der Waals surface area contributed by atoms with Gasteiger partial charge in [-0.15, -0.1) is 0 Å². The van der Waals surface area contributed by atoms with Crippen LogP contribution in [0.5, 0.6) is 0 Å². The van der Waals surface area contributed by atoms with Crippen molar-refractivity contribution in [1.82, 2.24) is 25.0 Å². The van der Waals surface area contributed by atoms with E-state index in [0.29, 0.717) is 24.0 Å². The van der Waals surface area contributed by atoms with Gasteiger partial charge in [-0.25, -0.2) is 23.1 Å². The fourth-order valence-electron chi connectivity index (χ4n) is 2.67. The highest BCUT2D eigenvalue weighted by Crippen LogP contribution is 2.17. The van der Waals surface area contributed by atoms with E-state index in [9.17, 15) is 8.42 Å². The van der Waals surface area contributed by atoms with E-state index in [1.165, 1.54) is 12.7 Å². The van der Waals surface area contributed by atoms with Crippen LogP contribution in [0, 0.1) is 0 Å². The Balaban J connectivity index is 0.000000326. The number of aromatic nitrogens is 2. The lowest BCUT2D eigenvalue weighted by molar-refractivity contribution is 0.311. The van der Waals surface area contributed by atoms with Crippen molar-refractivity contribution in [3.05, 3.63) is 24.5 Å². The molecule has 4 N–H and O–H groups in total. The monoisotopic (exact) mass is 425 g/mol. The molecule has 1 heterocycles. The molecule has 0 aromatic carbocycles. The Morgan fingerprint density at radius 2 is 2.07 bits per heavy atom. The Bertz CT molecular complexity index is 760. The first-order valence-electron chi connectivity index (χ1n) is 9.80. The number of nitrogens with zero attached hydrogens (tertiary/aromatic N) is 4. The maximum Gasteiger partial charge on any atom is 0.220 e. The number of rotatable bonds is 8. The predicted molar refractivity (Wildman–Crippen MR) is 120 cm³/mol. The second-order valence-electron chi connectivity index (χ2n) is 7.47. The van der Waals surface area contributed by atoms with Crippen molar-refractivity contribution in [2.45, 2.75) is 58.0 Å². The first-order chi connectivity index (χ1) is 13.6. The van der Waals surface area contributed by atoms with E-state index in [0.717, 1.165) is 25.7 Å². The molecule has 0 spiro atoms. The van der Waals surface area contributed by atoms with E-state index < -0.39 is 10.0 Å². The summed E-state index contributed by atoms with van der Waals surface area (Å²) in [5, 5.41) is 9.29. The molecule has 0 atom stereocenters. The molecule has 1 saturated carbocycles. The highest BCUT2D eigenvalue weighted by Gasteiger charge is 2.16. The Morgan fingerprint density at radius 1 is 1.41 bits per heavy atom. The van der Waals surface area contributed by atoms with Crippen LogP contribution in [0.25, 0.3) is 5.57 Å². The van der Waals surface area contributed by atoms with Gasteiger partial charge >= 0.3 is 0 Å². The Hall–Kier alpha value is -2.04. The number of sulfonamides is 1. The topological polar surface area (TPSA) is 126 Å². The van der Waals surface area contributed by atoms with Crippen molar-refractivity contribution in [2.75, 3.05) is 25.7 Å². The van der Waals surface area contributed by atoms with Gasteiger partial charge in [0.05, 0.1) is 24.8 Å². The van der Waals surface area contributed by atoms with Crippen LogP contribution in [0.2, 0.25) is 0 Å². The highest BCUT2D eigenvalue weighted by atomic mass is 32.2. The van der Waals surface area contributed by atoms with E-state index in [1.54, 1.807) is 23.5 Å². The average molecular weight is 426 g/mol. The first-order valence-corrected chi connectivity index (χ1v) is 11.7. The molecule has 0 radical (unpaired) electrons. The summed E-state index contributed by atoms with van der Waals surface area (Å²) in [6.45, 7) is 8.73. The van der Waals surface area contributed by atoms with E-state index in [2.05, 4.69) is 45.5 Å². The zero-order valence-corrected chi connectivity index (χ0v) is 18.7. The number of nitrogen functional groups attached to an aromatic ring is 1. The molecule has 1 aromatic heterocycles. The SMILES string of the molecule is C=C(/C=N\N(C)CNC(C)C)c1ccnc(N)n1.CS(=O)(=O)NC1CCCCC1. The summed E-state index contributed by atoms with van der Waals surface area (Å²) < 4.78 is 24.2. The van der Waals surface area contributed by atoms with Gasteiger partial charge in [-0.2, -0.15) is 5.10 Å². The van der Waals surface area contributed by atoms with Gasteiger partial charge < -0.3 is 5.73 Å². The molecule has 29 heavy (non-hydrogen) atoms. The minimum atomic E-state index is -2.97. The summed E-state index contributed by atoms with van der Waals surface area (Å²) in [5.41, 5.74) is 6.88. The summed E-state index contributed by atoms with van der Waals surface area (Å²) in [5.74, 6) is 0.233. The molecule has 164 valence electrons. The van der Waals surface area contributed by atoms with Gasteiger partial charge in [0, 0.05) is 30.9 Å². The molecule has 9 nitrogen and oxygen atoms in total. The minimum Gasteiger partial charge on any atom is -0.368 e. The van der Waals surface area contributed by atoms with Crippen molar-refractivity contribution in [2.24, 2.45) is 5.10 Å². The molecule has 1 aliphatic carbocycles. The van der Waals surface area contributed by atoms with Gasteiger partial charge in [0.15, 0.2) is 0 Å². The summed E-state index contributed by atoms with van der Waals surface area (Å²) in [6, 6.07) is 2.38. The zero-order valence-electron chi connectivity index (χ0n) is 17.9. The maximum absolute atomic E-state index is 10.8. The smallest absolute Gasteiger partial charge is 0.220 e. The lowest BCUT2D eigenvalue weighted by atomic mass is 9.96. The van der Waals surface area contributed by atoms with E-state index >= 15 is 0 Å². The third kappa shape index (κ3) is 12.2. The number of anilines is 1. The number of hydrogen-bond donors (Lipinski definition) is 3.